The van der Waals surface area contributed by atoms with Crippen molar-refractivity contribution in [2.24, 2.45) is 0 Å². The molecule has 6 rings (SSSR count). The molecular formula is C26H23N7OS. The lowest BCUT2D eigenvalue weighted by Gasteiger charge is -2.11. The minimum atomic E-state index is 0.608. The van der Waals surface area contributed by atoms with Crippen LogP contribution in [-0.2, 0) is 0 Å². The number of benzene rings is 1. The minimum absolute atomic E-state index is 0.608. The smallest absolute Gasteiger partial charge is 0.159 e. The molecule has 2 N–H and O–H groups in total. The molecule has 0 bridgehead atoms. The van der Waals surface area contributed by atoms with Gasteiger partial charge in [-0.05, 0) is 55.4 Å². The summed E-state index contributed by atoms with van der Waals surface area (Å²) in [5.74, 6) is 1.45. The summed E-state index contributed by atoms with van der Waals surface area (Å²) in [6.07, 6.45) is 5.40. The fourth-order valence-corrected chi connectivity index (χ4v) is 4.67. The quantitative estimate of drug-likeness (QED) is 0.324. The first-order valence-corrected chi connectivity index (χ1v) is 12.2. The number of nitrogens with one attached hydrogen (secondary N) is 2. The number of rotatable bonds is 7. The molecular weight excluding hydrogens is 458 g/mol. The zero-order valence-electron chi connectivity index (χ0n) is 19.3. The van der Waals surface area contributed by atoms with Crippen LogP contribution in [0.3, 0.4) is 0 Å². The van der Waals surface area contributed by atoms with Crippen LogP contribution in [-0.4, -0.2) is 62.3 Å². The first-order valence-electron chi connectivity index (χ1n) is 11.2. The standard InChI is InChI=1S/C26H23N7OS/c1-33(2)8-9-34-19-11-18(13-27-14-19)16-3-4-21-20(12-16)24(32-31-21)26-29-22-5-7-28-23(25(22)30-26)17-6-10-35-15-17/h3-7,10-15H,8-9H2,1-2H3,(H,29,30)(H,31,32). The first-order chi connectivity index (χ1) is 17.2. The van der Waals surface area contributed by atoms with E-state index in [0.29, 0.717) is 12.4 Å². The largest absolute Gasteiger partial charge is 0.491 e. The average Bonchev–Trinajstić information content (AvgIpc) is 3.62. The van der Waals surface area contributed by atoms with E-state index in [0.717, 1.165) is 62.3 Å². The molecule has 5 aromatic heterocycles. The maximum absolute atomic E-state index is 5.88. The van der Waals surface area contributed by atoms with Gasteiger partial charge in [0.15, 0.2) is 5.82 Å². The number of nitrogens with zero attached hydrogens (tertiary/aromatic N) is 5. The minimum Gasteiger partial charge on any atom is -0.491 e. The van der Waals surface area contributed by atoms with Gasteiger partial charge in [-0.2, -0.15) is 16.4 Å². The summed E-state index contributed by atoms with van der Waals surface area (Å²) < 4.78 is 5.88. The van der Waals surface area contributed by atoms with E-state index in [9.17, 15) is 0 Å². The second-order valence-electron chi connectivity index (χ2n) is 8.55. The number of imidazole rings is 1. The van der Waals surface area contributed by atoms with Gasteiger partial charge < -0.3 is 14.6 Å². The number of hydrogen-bond acceptors (Lipinski definition) is 7. The van der Waals surface area contributed by atoms with Crippen LogP contribution in [0.2, 0.25) is 0 Å². The first kappa shape index (κ1) is 21.5. The van der Waals surface area contributed by atoms with Crippen LogP contribution < -0.4 is 4.74 Å². The molecule has 1 aromatic carbocycles. The Kier molecular flexibility index (Phi) is 5.48. The van der Waals surface area contributed by atoms with Crippen LogP contribution in [0.1, 0.15) is 0 Å². The monoisotopic (exact) mass is 481 g/mol. The summed E-state index contributed by atoms with van der Waals surface area (Å²) in [6.45, 7) is 1.45. The molecule has 0 unspecified atom stereocenters. The predicted molar refractivity (Wildman–Crippen MR) is 140 cm³/mol. The fourth-order valence-electron chi connectivity index (χ4n) is 4.03. The van der Waals surface area contributed by atoms with Crippen LogP contribution in [0.5, 0.6) is 5.75 Å². The lowest BCUT2D eigenvalue weighted by Crippen LogP contribution is -2.19. The van der Waals surface area contributed by atoms with Crippen molar-refractivity contribution in [1.29, 1.82) is 0 Å². The van der Waals surface area contributed by atoms with E-state index in [1.807, 2.05) is 43.9 Å². The summed E-state index contributed by atoms with van der Waals surface area (Å²) in [7, 11) is 4.05. The van der Waals surface area contributed by atoms with Gasteiger partial charge in [0.25, 0.3) is 0 Å². The van der Waals surface area contributed by atoms with E-state index in [1.165, 1.54) is 0 Å². The van der Waals surface area contributed by atoms with Crippen LogP contribution in [0.15, 0.2) is 65.7 Å². The van der Waals surface area contributed by atoms with Gasteiger partial charge in [-0.15, -0.1) is 0 Å². The highest BCUT2D eigenvalue weighted by atomic mass is 32.1. The molecule has 5 heterocycles. The molecule has 0 aliphatic heterocycles. The highest BCUT2D eigenvalue weighted by Crippen LogP contribution is 2.33. The normalized spacial score (nSPS) is 11.6. The van der Waals surface area contributed by atoms with Crippen LogP contribution in [0, 0.1) is 0 Å². The molecule has 0 fully saturated rings. The highest BCUT2D eigenvalue weighted by Gasteiger charge is 2.16. The third kappa shape index (κ3) is 4.16. The van der Waals surface area contributed by atoms with Gasteiger partial charge in [0.05, 0.1) is 22.9 Å². The SMILES string of the molecule is CN(C)CCOc1cncc(-c2ccc3[nH]nc(-c4nc5c(-c6ccsc6)nccc5[nH]4)c3c2)c1. The van der Waals surface area contributed by atoms with Crippen molar-refractivity contribution >= 4 is 33.3 Å². The number of hydrogen-bond donors (Lipinski definition) is 2. The molecule has 8 nitrogen and oxygen atoms in total. The molecule has 0 aliphatic rings. The molecule has 0 spiro atoms. The summed E-state index contributed by atoms with van der Waals surface area (Å²) in [4.78, 5) is 19.4. The van der Waals surface area contributed by atoms with Crippen molar-refractivity contribution in [3.63, 3.8) is 0 Å². The lowest BCUT2D eigenvalue weighted by molar-refractivity contribution is 0.261. The molecule has 0 saturated carbocycles. The van der Waals surface area contributed by atoms with Gasteiger partial charge in [0.2, 0.25) is 0 Å². The molecule has 174 valence electrons. The number of H-pyrrole nitrogens is 2. The van der Waals surface area contributed by atoms with Gasteiger partial charge in [-0.1, -0.05) is 6.07 Å². The number of pyridine rings is 2. The summed E-state index contributed by atoms with van der Waals surface area (Å²) in [6, 6.07) is 12.2. The van der Waals surface area contributed by atoms with Crippen LogP contribution in [0.25, 0.3) is 55.8 Å². The molecule has 35 heavy (non-hydrogen) atoms. The third-order valence-corrected chi connectivity index (χ3v) is 6.52. The van der Waals surface area contributed by atoms with E-state index in [1.54, 1.807) is 23.7 Å². The second kappa shape index (κ2) is 8.94. The molecule has 0 saturated heterocycles. The zero-order chi connectivity index (χ0) is 23.8. The van der Waals surface area contributed by atoms with Crippen molar-refractivity contribution < 1.29 is 4.74 Å². The maximum Gasteiger partial charge on any atom is 0.159 e. The average molecular weight is 482 g/mol. The van der Waals surface area contributed by atoms with E-state index in [2.05, 4.69) is 53.6 Å². The molecule has 0 radical (unpaired) electrons. The Balaban J connectivity index is 1.38. The molecule has 0 atom stereocenters. The van der Waals surface area contributed by atoms with Crippen LogP contribution >= 0.6 is 11.3 Å². The number of aromatic nitrogens is 6. The van der Waals surface area contributed by atoms with Crippen LogP contribution in [0.4, 0.5) is 0 Å². The topological polar surface area (TPSA) is 95.6 Å². The Morgan fingerprint density at radius 3 is 2.77 bits per heavy atom. The molecule has 9 heteroatoms. The summed E-state index contributed by atoms with van der Waals surface area (Å²) >= 11 is 1.64. The Labute approximate surface area is 205 Å². The predicted octanol–water partition coefficient (Wildman–Crippen LogP) is 5.23. The Morgan fingerprint density at radius 2 is 1.91 bits per heavy atom. The Morgan fingerprint density at radius 1 is 0.971 bits per heavy atom. The van der Waals surface area contributed by atoms with Gasteiger partial charge in [0.1, 0.15) is 23.6 Å². The van der Waals surface area contributed by atoms with Crippen molar-refractivity contribution in [3.8, 4) is 39.7 Å². The fraction of sp³-hybridized carbons (Fsp3) is 0.154. The number of thiophene rings is 1. The van der Waals surface area contributed by atoms with E-state index in [-0.39, 0.29) is 0 Å². The number of aromatic amines is 2. The van der Waals surface area contributed by atoms with Gasteiger partial charge in [0, 0.05) is 40.8 Å². The lowest BCUT2D eigenvalue weighted by atomic mass is 10.0. The van der Waals surface area contributed by atoms with Gasteiger partial charge in [-0.3, -0.25) is 15.1 Å². The zero-order valence-corrected chi connectivity index (χ0v) is 20.1. The summed E-state index contributed by atoms with van der Waals surface area (Å²) in [5, 5.41) is 12.8. The van der Waals surface area contributed by atoms with Crippen molar-refractivity contribution in [1.82, 2.24) is 35.0 Å². The maximum atomic E-state index is 5.88. The Hall–Kier alpha value is -4.08. The van der Waals surface area contributed by atoms with E-state index in [4.69, 9.17) is 9.72 Å². The van der Waals surface area contributed by atoms with Gasteiger partial charge >= 0.3 is 0 Å². The second-order valence-corrected chi connectivity index (χ2v) is 9.33. The third-order valence-electron chi connectivity index (χ3n) is 5.84. The van der Waals surface area contributed by atoms with Crippen molar-refractivity contribution in [3.05, 3.63) is 65.7 Å². The molecule has 6 aromatic rings. The molecule has 0 amide bonds. The van der Waals surface area contributed by atoms with Crippen molar-refractivity contribution in [2.75, 3.05) is 27.2 Å². The number of ether oxygens (including phenoxy) is 1. The van der Waals surface area contributed by atoms with Gasteiger partial charge in [-0.25, -0.2) is 4.98 Å². The van der Waals surface area contributed by atoms with E-state index >= 15 is 0 Å². The Bertz CT molecular complexity index is 1620. The number of likely N-dealkylation sites (N-methyl/N-ethyl adjacent to an activating group) is 1. The number of fused-ring (bicyclic) bond motifs is 2. The van der Waals surface area contributed by atoms with Crippen molar-refractivity contribution in [2.45, 2.75) is 0 Å². The molecule has 0 aliphatic carbocycles. The summed E-state index contributed by atoms with van der Waals surface area (Å²) in [5.41, 5.74) is 7.40. The highest BCUT2D eigenvalue weighted by molar-refractivity contribution is 7.08. The van der Waals surface area contributed by atoms with E-state index < -0.39 is 0 Å².